The van der Waals surface area contributed by atoms with Crippen LogP contribution >= 0.6 is 11.6 Å². The Kier molecular flexibility index (Phi) is 7.10. The second-order valence-corrected chi connectivity index (χ2v) is 9.18. The summed E-state index contributed by atoms with van der Waals surface area (Å²) in [6.45, 7) is 1.06. The Morgan fingerprint density at radius 3 is 2.61 bits per heavy atom. The van der Waals surface area contributed by atoms with Crippen LogP contribution in [-0.4, -0.2) is 17.6 Å². The highest BCUT2D eigenvalue weighted by atomic mass is 35.5. The van der Waals surface area contributed by atoms with Gasteiger partial charge in [-0.2, -0.15) is 0 Å². The maximum atomic E-state index is 13.1. The zero-order valence-electron chi connectivity index (χ0n) is 20.0. The zero-order chi connectivity index (χ0) is 24.9. The highest BCUT2D eigenvalue weighted by Gasteiger charge is 2.23. The number of furan rings is 1. The fourth-order valence-corrected chi connectivity index (χ4v) is 4.80. The molecule has 0 radical (unpaired) electrons. The Labute approximate surface area is 215 Å². The average Bonchev–Trinajstić information content (AvgIpc) is 3.55. The molecule has 0 aliphatic carbocycles. The zero-order valence-corrected chi connectivity index (χ0v) is 20.7. The van der Waals surface area contributed by atoms with Gasteiger partial charge in [-0.25, -0.2) is 0 Å². The first-order chi connectivity index (χ1) is 17.6. The maximum Gasteiger partial charge on any atom is 0.221 e. The van der Waals surface area contributed by atoms with Crippen molar-refractivity contribution in [3.8, 4) is 5.75 Å². The Bertz CT molecular complexity index is 1460. The maximum absolute atomic E-state index is 13.1. The van der Waals surface area contributed by atoms with Crippen molar-refractivity contribution < 1.29 is 13.9 Å². The summed E-state index contributed by atoms with van der Waals surface area (Å²) in [5.41, 5.74) is 4.38. The molecule has 36 heavy (non-hydrogen) atoms. The lowest BCUT2D eigenvalue weighted by atomic mass is 9.88. The van der Waals surface area contributed by atoms with Crippen LogP contribution in [0, 0.1) is 0 Å². The van der Waals surface area contributed by atoms with Crippen LogP contribution in [0.2, 0.25) is 5.02 Å². The Morgan fingerprint density at radius 2 is 1.86 bits per heavy atom. The van der Waals surface area contributed by atoms with Gasteiger partial charge in [-0.05, 0) is 59.2 Å². The van der Waals surface area contributed by atoms with Gasteiger partial charge >= 0.3 is 0 Å². The lowest BCUT2D eigenvalue weighted by Crippen LogP contribution is -2.24. The minimum atomic E-state index is -0.165. The van der Waals surface area contributed by atoms with Crippen LogP contribution in [-0.2, 0) is 17.9 Å². The molecule has 1 atom stereocenters. The summed E-state index contributed by atoms with van der Waals surface area (Å²) < 4.78 is 12.9. The topological polar surface area (TPSA) is 56.4 Å². The number of amides is 1. The SMILES string of the molecule is COc1ccc(Cn2cc([C@H](CC(=O)NCc3ccco3)c3cccc(Cl)c3)c3ccccc32)cc1. The van der Waals surface area contributed by atoms with Crippen LogP contribution in [0.3, 0.4) is 0 Å². The second kappa shape index (κ2) is 10.8. The van der Waals surface area contributed by atoms with Gasteiger partial charge in [0, 0.05) is 41.0 Å². The van der Waals surface area contributed by atoms with Crippen LogP contribution in [0.25, 0.3) is 10.9 Å². The van der Waals surface area contributed by atoms with Gasteiger partial charge in [-0.15, -0.1) is 0 Å². The Balaban J connectivity index is 1.50. The van der Waals surface area contributed by atoms with E-state index in [2.05, 4.69) is 40.3 Å². The van der Waals surface area contributed by atoms with E-state index in [0.717, 1.165) is 33.5 Å². The van der Waals surface area contributed by atoms with Crippen LogP contribution in [0.4, 0.5) is 0 Å². The summed E-state index contributed by atoms with van der Waals surface area (Å²) in [6, 6.07) is 27.8. The van der Waals surface area contributed by atoms with Gasteiger partial charge < -0.3 is 19.0 Å². The summed E-state index contributed by atoms with van der Waals surface area (Å²) in [6.07, 6.45) is 4.06. The number of halogens is 1. The Hall–Kier alpha value is -3.96. The number of hydrogen-bond donors (Lipinski definition) is 1. The van der Waals surface area contributed by atoms with E-state index in [1.54, 1.807) is 13.4 Å². The molecule has 182 valence electrons. The minimum absolute atomic E-state index is 0.0524. The van der Waals surface area contributed by atoms with Gasteiger partial charge in [0.2, 0.25) is 5.91 Å². The van der Waals surface area contributed by atoms with E-state index in [0.29, 0.717) is 18.1 Å². The van der Waals surface area contributed by atoms with E-state index in [4.69, 9.17) is 20.8 Å². The summed E-state index contributed by atoms with van der Waals surface area (Å²) >= 11 is 6.37. The molecule has 2 heterocycles. The largest absolute Gasteiger partial charge is 0.497 e. The number of carbonyl (C=O) groups is 1. The first kappa shape index (κ1) is 23.8. The van der Waals surface area contributed by atoms with Crippen molar-refractivity contribution in [1.82, 2.24) is 9.88 Å². The van der Waals surface area contributed by atoms with Crippen LogP contribution in [0.1, 0.15) is 34.8 Å². The van der Waals surface area contributed by atoms with E-state index >= 15 is 0 Å². The summed E-state index contributed by atoms with van der Waals surface area (Å²) in [7, 11) is 1.67. The van der Waals surface area contributed by atoms with Gasteiger partial charge in [-0.3, -0.25) is 4.79 Å². The number of nitrogens with zero attached hydrogens (tertiary/aromatic N) is 1. The second-order valence-electron chi connectivity index (χ2n) is 8.75. The molecule has 1 amide bonds. The molecule has 2 aromatic heterocycles. The summed E-state index contributed by atoms with van der Waals surface area (Å²) in [5, 5.41) is 4.76. The summed E-state index contributed by atoms with van der Waals surface area (Å²) in [4.78, 5) is 13.1. The molecule has 0 saturated heterocycles. The fraction of sp³-hybridized carbons (Fsp3) is 0.167. The smallest absolute Gasteiger partial charge is 0.221 e. The first-order valence-corrected chi connectivity index (χ1v) is 12.2. The summed E-state index contributed by atoms with van der Waals surface area (Å²) in [5.74, 6) is 1.34. The highest BCUT2D eigenvalue weighted by Crippen LogP contribution is 2.36. The van der Waals surface area contributed by atoms with Gasteiger partial charge in [0.15, 0.2) is 0 Å². The number of methoxy groups -OCH3 is 1. The Morgan fingerprint density at radius 1 is 1.03 bits per heavy atom. The van der Waals surface area contributed by atoms with E-state index < -0.39 is 0 Å². The number of nitrogens with one attached hydrogen (secondary N) is 1. The van der Waals surface area contributed by atoms with E-state index in [-0.39, 0.29) is 18.2 Å². The number of carbonyl (C=O) groups excluding carboxylic acids is 1. The number of ether oxygens (including phenoxy) is 1. The molecule has 0 unspecified atom stereocenters. The number of para-hydroxylation sites is 1. The van der Waals surface area contributed by atoms with Crippen molar-refractivity contribution in [3.63, 3.8) is 0 Å². The van der Waals surface area contributed by atoms with Crippen molar-refractivity contribution >= 4 is 28.4 Å². The third-order valence-corrected chi connectivity index (χ3v) is 6.62. The lowest BCUT2D eigenvalue weighted by Gasteiger charge is -2.17. The van der Waals surface area contributed by atoms with Gasteiger partial charge in [0.05, 0.1) is 19.9 Å². The molecule has 6 heteroatoms. The van der Waals surface area contributed by atoms with Crippen LogP contribution in [0.15, 0.2) is 102 Å². The van der Waals surface area contributed by atoms with Crippen molar-refractivity contribution in [2.75, 3.05) is 7.11 Å². The normalized spacial score (nSPS) is 11.9. The van der Waals surface area contributed by atoms with E-state index in [1.807, 2.05) is 60.7 Å². The molecule has 5 rings (SSSR count). The standard InChI is InChI=1S/C30H27ClN2O3/c1-35-24-13-11-21(12-14-24)19-33-20-28(26-9-2-3-10-29(26)33)27(22-6-4-7-23(31)16-22)17-30(34)32-18-25-8-5-15-36-25/h2-16,20,27H,17-19H2,1H3,(H,32,34)/t27-/m1/s1. The molecular weight excluding hydrogens is 472 g/mol. The monoisotopic (exact) mass is 498 g/mol. The van der Waals surface area contributed by atoms with Gasteiger partial charge in [0.25, 0.3) is 0 Å². The van der Waals surface area contributed by atoms with Crippen LogP contribution < -0.4 is 10.1 Å². The molecule has 0 bridgehead atoms. The van der Waals surface area contributed by atoms with Crippen LogP contribution in [0.5, 0.6) is 5.75 Å². The van der Waals surface area contributed by atoms with E-state index in [1.165, 1.54) is 5.56 Å². The molecular formula is C30H27ClN2O3. The molecule has 0 saturated carbocycles. The average molecular weight is 499 g/mol. The van der Waals surface area contributed by atoms with Gasteiger partial charge in [-0.1, -0.05) is 54.1 Å². The molecule has 5 aromatic rings. The van der Waals surface area contributed by atoms with Crippen molar-refractivity contribution in [2.45, 2.75) is 25.4 Å². The molecule has 3 aromatic carbocycles. The highest BCUT2D eigenvalue weighted by molar-refractivity contribution is 6.30. The molecule has 0 aliphatic rings. The molecule has 1 N–H and O–H groups in total. The fourth-order valence-electron chi connectivity index (χ4n) is 4.60. The van der Waals surface area contributed by atoms with Crippen molar-refractivity contribution in [2.24, 2.45) is 0 Å². The van der Waals surface area contributed by atoms with Crippen molar-refractivity contribution in [1.29, 1.82) is 0 Å². The lowest BCUT2D eigenvalue weighted by molar-refractivity contribution is -0.121. The number of hydrogen-bond acceptors (Lipinski definition) is 3. The predicted molar refractivity (Wildman–Crippen MR) is 143 cm³/mol. The minimum Gasteiger partial charge on any atom is -0.497 e. The predicted octanol–water partition coefficient (Wildman–Crippen LogP) is 6.78. The van der Waals surface area contributed by atoms with E-state index in [9.17, 15) is 4.79 Å². The number of aromatic nitrogens is 1. The van der Waals surface area contributed by atoms with Crippen molar-refractivity contribution in [3.05, 3.63) is 125 Å². The molecule has 0 fully saturated rings. The number of rotatable bonds is 9. The number of benzene rings is 3. The number of fused-ring (bicyclic) bond motifs is 1. The molecule has 5 nitrogen and oxygen atoms in total. The molecule has 0 spiro atoms. The molecule has 0 aliphatic heterocycles. The van der Waals surface area contributed by atoms with Gasteiger partial charge in [0.1, 0.15) is 11.5 Å². The first-order valence-electron chi connectivity index (χ1n) is 11.9. The quantitative estimate of drug-likeness (QED) is 0.243. The third-order valence-electron chi connectivity index (χ3n) is 6.39. The third kappa shape index (κ3) is 5.31.